The van der Waals surface area contributed by atoms with Crippen LogP contribution in [0.25, 0.3) is 0 Å². The molecular formula is C19H18ClF3N2O2. The molecule has 0 saturated carbocycles. The van der Waals surface area contributed by atoms with Crippen molar-refractivity contribution in [2.45, 2.75) is 18.6 Å². The van der Waals surface area contributed by atoms with E-state index in [2.05, 4.69) is 0 Å². The molecule has 1 unspecified atom stereocenters. The Morgan fingerprint density at radius 3 is 2.48 bits per heavy atom. The maximum atomic E-state index is 13.1. The van der Waals surface area contributed by atoms with Gasteiger partial charge in [0, 0.05) is 30.4 Å². The van der Waals surface area contributed by atoms with Crippen molar-refractivity contribution in [2.75, 3.05) is 24.6 Å². The number of nitrogens with zero attached hydrogens (tertiary/aromatic N) is 2. The normalized spacial score (nSPS) is 17.7. The number of benzene rings is 2. The predicted molar refractivity (Wildman–Crippen MR) is 96.8 cm³/mol. The highest BCUT2D eigenvalue weighted by molar-refractivity contribution is 6.30. The number of aliphatic hydroxyl groups excluding tert-OH is 1. The van der Waals surface area contributed by atoms with Crippen LogP contribution in [0.4, 0.5) is 23.7 Å². The Hall–Kier alpha value is -2.25. The minimum Gasteiger partial charge on any atom is -0.396 e. The molecule has 0 radical (unpaired) electrons. The van der Waals surface area contributed by atoms with E-state index < -0.39 is 17.8 Å². The van der Waals surface area contributed by atoms with Crippen molar-refractivity contribution in [2.24, 2.45) is 0 Å². The molecule has 2 amide bonds. The quantitative estimate of drug-likeness (QED) is 0.791. The van der Waals surface area contributed by atoms with Gasteiger partial charge >= 0.3 is 12.2 Å². The second-order valence-corrected chi connectivity index (χ2v) is 6.73. The molecule has 1 aliphatic heterocycles. The van der Waals surface area contributed by atoms with Crippen LogP contribution in [-0.4, -0.2) is 35.7 Å². The number of hydrogen-bond donors (Lipinski definition) is 1. The molecule has 0 spiro atoms. The first-order chi connectivity index (χ1) is 12.8. The number of anilines is 1. The van der Waals surface area contributed by atoms with E-state index in [1.807, 2.05) is 0 Å². The predicted octanol–water partition coefficient (Wildman–Crippen LogP) is 4.72. The topological polar surface area (TPSA) is 43.8 Å². The van der Waals surface area contributed by atoms with Crippen molar-refractivity contribution in [1.29, 1.82) is 0 Å². The van der Waals surface area contributed by atoms with Crippen LogP contribution in [0.1, 0.15) is 23.6 Å². The summed E-state index contributed by atoms with van der Waals surface area (Å²) in [5.74, 6) is 0. The minimum absolute atomic E-state index is 0.0705. The van der Waals surface area contributed by atoms with Gasteiger partial charge in [0.1, 0.15) is 0 Å². The smallest absolute Gasteiger partial charge is 0.396 e. The van der Waals surface area contributed by atoms with Gasteiger partial charge in [-0.15, -0.1) is 0 Å². The first-order valence-electron chi connectivity index (χ1n) is 8.43. The Labute approximate surface area is 159 Å². The Kier molecular flexibility index (Phi) is 5.62. The van der Waals surface area contributed by atoms with Gasteiger partial charge in [0.2, 0.25) is 0 Å². The number of urea groups is 1. The summed E-state index contributed by atoms with van der Waals surface area (Å²) in [7, 11) is 0. The standard InChI is InChI=1S/C19H18ClF3N2O2/c20-15-5-7-16(8-6-15)25-17(12-24(18(25)27)9-2-10-26)13-3-1-4-14(11-13)19(21,22)23/h1,3-8,11,17,26H,2,9-10,12H2. The van der Waals surface area contributed by atoms with Gasteiger partial charge in [0.25, 0.3) is 0 Å². The maximum Gasteiger partial charge on any atom is 0.416 e. The largest absolute Gasteiger partial charge is 0.416 e. The van der Waals surface area contributed by atoms with Gasteiger partial charge in [0.15, 0.2) is 0 Å². The van der Waals surface area contributed by atoms with Crippen molar-refractivity contribution in [3.8, 4) is 0 Å². The van der Waals surface area contributed by atoms with Gasteiger partial charge in [-0.05, 0) is 48.4 Å². The molecule has 1 aliphatic rings. The highest BCUT2D eigenvalue weighted by Crippen LogP contribution is 2.37. The van der Waals surface area contributed by atoms with Crippen molar-refractivity contribution in [3.05, 3.63) is 64.7 Å². The molecule has 3 rings (SSSR count). The van der Waals surface area contributed by atoms with E-state index in [1.54, 1.807) is 30.3 Å². The lowest BCUT2D eigenvalue weighted by atomic mass is 10.0. The average molecular weight is 399 g/mol. The summed E-state index contributed by atoms with van der Waals surface area (Å²) in [6, 6.07) is 10.7. The van der Waals surface area contributed by atoms with Crippen LogP contribution in [-0.2, 0) is 6.18 Å². The summed E-state index contributed by atoms with van der Waals surface area (Å²) < 4.78 is 39.3. The lowest BCUT2D eigenvalue weighted by Gasteiger charge is -2.24. The van der Waals surface area contributed by atoms with E-state index in [0.717, 1.165) is 12.1 Å². The van der Waals surface area contributed by atoms with Crippen LogP contribution in [0.2, 0.25) is 5.02 Å². The number of carbonyl (C=O) groups excluding carboxylic acids is 1. The van der Waals surface area contributed by atoms with Crippen molar-refractivity contribution >= 4 is 23.3 Å². The minimum atomic E-state index is -4.46. The summed E-state index contributed by atoms with van der Waals surface area (Å²) in [5, 5.41) is 9.54. The highest BCUT2D eigenvalue weighted by Gasteiger charge is 2.40. The molecular weight excluding hydrogens is 381 g/mol. The van der Waals surface area contributed by atoms with Crippen LogP contribution < -0.4 is 4.90 Å². The van der Waals surface area contributed by atoms with Gasteiger partial charge < -0.3 is 10.0 Å². The second kappa shape index (κ2) is 7.78. The van der Waals surface area contributed by atoms with Gasteiger partial charge in [0.05, 0.1) is 11.6 Å². The lowest BCUT2D eigenvalue weighted by Crippen LogP contribution is -2.33. The number of amides is 2. The van der Waals surface area contributed by atoms with E-state index in [4.69, 9.17) is 16.7 Å². The summed E-state index contributed by atoms with van der Waals surface area (Å²) in [6.07, 6.45) is -4.06. The molecule has 4 nitrogen and oxygen atoms in total. The molecule has 1 fully saturated rings. The first-order valence-corrected chi connectivity index (χ1v) is 8.81. The fourth-order valence-corrected chi connectivity index (χ4v) is 3.30. The molecule has 0 aliphatic carbocycles. The third-order valence-corrected chi connectivity index (χ3v) is 4.72. The molecule has 1 saturated heterocycles. The molecule has 0 aromatic heterocycles. The number of rotatable bonds is 5. The lowest BCUT2D eigenvalue weighted by molar-refractivity contribution is -0.137. The second-order valence-electron chi connectivity index (χ2n) is 6.29. The first kappa shape index (κ1) is 19.5. The molecule has 1 N–H and O–H groups in total. The Morgan fingerprint density at radius 2 is 1.85 bits per heavy atom. The maximum absolute atomic E-state index is 13.1. The Balaban J connectivity index is 1.99. The van der Waals surface area contributed by atoms with Crippen LogP contribution in [0.5, 0.6) is 0 Å². The summed E-state index contributed by atoms with van der Waals surface area (Å²) in [6.45, 7) is 0.497. The number of halogens is 4. The Morgan fingerprint density at radius 1 is 1.15 bits per heavy atom. The molecule has 1 atom stereocenters. The highest BCUT2D eigenvalue weighted by atomic mass is 35.5. The SMILES string of the molecule is O=C1N(CCCO)CC(c2cccc(C(F)(F)F)c2)N1c1ccc(Cl)cc1. The zero-order valence-electron chi connectivity index (χ0n) is 14.3. The third-order valence-electron chi connectivity index (χ3n) is 4.47. The van der Waals surface area contributed by atoms with E-state index in [9.17, 15) is 18.0 Å². The zero-order chi connectivity index (χ0) is 19.6. The monoisotopic (exact) mass is 398 g/mol. The summed E-state index contributed by atoms with van der Waals surface area (Å²) in [4.78, 5) is 15.9. The molecule has 2 aromatic rings. The van der Waals surface area contributed by atoms with Crippen LogP contribution in [0, 0.1) is 0 Å². The fraction of sp³-hybridized carbons (Fsp3) is 0.316. The van der Waals surface area contributed by atoms with Crippen LogP contribution in [0.15, 0.2) is 48.5 Å². The molecule has 2 aromatic carbocycles. The third kappa shape index (κ3) is 4.20. The van der Waals surface area contributed by atoms with E-state index in [1.165, 1.54) is 15.9 Å². The summed E-state index contributed by atoms with van der Waals surface area (Å²) >= 11 is 5.91. The molecule has 8 heteroatoms. The van der Waals surface area contributed by atoms with Gasteiger partial charge in [-0.25, -0.2) is 4.79 Å². The van der Waals surface area contributed by atoms with Crippen molar-refractivity contribution in [3.63, 3.8) is 0 Å². The number of alkyl halides is 3. The molecule has 144 valence electrons. The van der Waals surface area contributed by atoms with E-state index in [-0.39, 0.29) is 19.2 Å². The van der Waals surface area contributed by atoms with E-state index in [0.29, 0.717) is 29.2 Å². The van der Waals surface area contributed by atoms with Gasteiger partial charge in [-0.1, -0.05) is 23.7 Å². The van der Waals surface area contributed by atoms with Crippen LogP contribution in [0.3, 0.4) is 0 Å². The average Bonchev–Trinajstić information content (AvgIpc) is 2.96. The number of aliphatic hydroxyl groups is 1. The fourth-order valence-electron chi connectivity index (χ4n) is 3.17. The number of hydrogen-bond acceptors (Lipinski definition) is 2. The van der Waals surface area contributed by atoms with Gasteiger partial charge in [-0.3, -0.25) is 4.90 Å². The summed E-state index contributed by atoms with van der Waals surface area (Å²) in [5.41, 5.74) is 0.204. The van der Waals surface area contributed by atoms with Crippen molar-refractivity contribution in [1.82, 2.24) is 4.90 Å². The Bertz CT molecular complexity index is 811. The zero-order valence-corrected chi connectivity index (χ0v) is 15.0. The van der Waals surface area contributed by atoms with E-state index >= 15 is 0 Å². The van der Waals surface area contributed by atoms with Crippen LogP contribution >= 0.6 is 11.6 Å². The van der Waals surface area contributed by atoms with Gasteiger partial charge in [-0.2, -0.15) is 13.2 Å². The number of carbonyl (C=O) groups is 1. The molecule has 1 heterocycles. The molecule has 0 bridgehead atoms. The molecule has 27 heavy (non-hydrogen) atoms. The van der Waals surface area contributed by atoms with Crippen molar-refractivity contribution < 1.29 is 23.1 Å².